The van der Waals surface area contributed by atoms with Crippen molar-refractivity contribution in [1.82, 2.24) is 15.0 Å². The molecule has 3 aromatic rings. The second-order valence-electron chi connectivity index (χ2n) is 4.86. The summed E-state index contributed by atoms with van der Waals surface area (Å²) in [6.45, 7) is 1.88. The van der Waals surface area contributed by atoms with Gasteiger partial charge >= 0.3 is 0 Å². The maximum Gasteiger partial charge on any atom is 0.205 e. The lowest BCUT2D eigenvalue weighted by Gasteiger charge is -2.02. The summed E-state index contributed by atoms with van der Waals surface area (Å²) in [6, 6.07) is 9.38. The summed E-state index contributed by atoms with van der Waals surface area (Å²) in [6.07, 6.45) is 1.70. The smallest absolute Gasteiger partial charge is 0.205 e. The van der Waals surface area contributed by atoms with Crippen molar-refractivity contribution in [1.29, 1.82) is 0 Å². The SMILES string of the molecule is COc1cccc(-c2cnc(CSc3nc(C)cc(N)n3)o2)c1. The largest absolute Gasteiger partial charge is 0.497 e. The van der Waals surface area contributed by atoms with Crippen LogP contribution >= 0.6 is 11.8 Å². The van der Waals surface area contributed by atoms with Crippen LogP contribution in [0.15, 0.2) is 46.1 Å². The van der Waals surface area contributed by atoms with Crippen molar-refractivity contribution in [3.8, 4) is 17.1 Å². The summed E-state index contributed by atoms with van der Waals surface area (Å²) in [5.74, 6) is 3.08. The highest BCUT2D eigenvalue weighted by Gasteiger charge is 2.09. The lowest BCUT2D eigenvalue weighted by Crippen LogP contribution is -1.96. The van der Waals surface area contributed by atoms with Gasteiger partial charge < -0.3 is 14.9 Å². The van der Waals surface area contributed by atoms with E-state index in [1.54, 1.807) is 19.4 Å². The number of oxazole rings is 1. The van der Waals surface area contributed by atoms with Crippen LogP contribution in [-0.2, 0) is 5.75 Å². The van der Waals surface area contributed by atoms with E-state index < -0.39 is 0 Å². The number of hydrogen-bond acceptors (Lipinski definition) is 7. The van der Waals surface area contributed by atoms with Gasteiger partial charge in [0.1, 0.15) is 11.6 Å². The summed E-state index contributed by atoms with van der Waals surface area (Å²) in [5, 5.41) is 0.614. The van der Waals surface area contributed by atoms with E-state index in [2.05, 4.69) is 15.0 Å². The van der Waals surface area contributed by atoms with Gasteiger partial charge in [0.2, 0.25) is 5.89 Å². The van der Waals surface area contributed by atoms with E-state index in [4.69, 9.17) is 14.9 Å². The molecule has 0 bridgehead atoms. The molecular weight excluding hydrogens is 312 g/mol. The monoisotopic (exact) mass is 328 g/mol. The molecule has 0 saturated heterocycles. The number of ether oxygens (including phenoxy) is 1. The van der Waals surface area contributed by atoms with E-state index in [0.717, 1.165) is 17.0 Å². The van der Waals surface area contributed by atoms with Gasteiger partial charge in [0.05, 0.1) is 19.1 Å². The van der Waals surface area contributed by atoms with Crippen molar-refractivity contribution in [3.63, 3.8) is 0 Å². The highest BCUT2D eigenvalue weighted by atomic mass is 32.2. The topological polar surface area (TPSA) is 87.1 Å². The quantitative estimate of drug-likeness (QED) is 0.568. The first kappa shape index (κ1) is 15.4. The fourth-order valence-corrected chi connectivity index (χ4v) is 2.81. The Morgan fingerprint density at radius 2 is 2.13 bits per heavy atom. The number of rotatable bonds is 5. The van der Waals surface area contributed by atoms with Crippen LogP contribution in [0.2, 0.25) is 0 Å². The average Bonchev–Trinajstić information content (AvgIpc) is 3.01. The summed E-state index contributed by atoms with van der Waals surface area (Å²) in [5.41, 5.74) is 7.48. The highest BCUT2D eigenvalue weighted by Crippen LogP contribution is 2.27. The Balaban J connectivity index is 1.71. The van der Waals surface area contributed by atoms with Gasteiger partial charge in [0.25, 0.3) is 0 Å². The average molecular weight is 328 g/mol. The van der Waals surface area contributed by atoms with Crippen LogP contribution < -0.4 is 10.5 Å². The van der Waals surface area contributed by atoms with Crippen LogP contribution in [0.3, 0.4) is 0 Å². The first-order valence-corrected chi connectivity index (χ1v) is 7.95. The van der Waals surface area contributed by atoms with E-state index in [9.17, 15) is 0 Å². The molecule has 3 rings (SSSR count). The van der Waals surface area contributed by atoms with Gasteiger partial charge in [-0.15, -0.1) is 0 Å². The van der Waals surface area contributed by atoms with E-state index in [-0.39, 0.29) is 0 Å². The zero-order valence-electron chi connectivity index (χ0n) is 12.8. The molecule has 2 N–H and O–H groups in total. The molecule has 118 valence electrons. The number of nitrogen functional groups attached to an aromatic ring is 1. The highest BCUT2D eigenvalue weighted by molar-refractivity contribution is 7.98. The van der Waals surface area contributed by atoms with Crippen molar-refractivity contribution in [2.45, 2.75) is 17.8 Å². The Morgan fingerprint density at radius 1 is 1.26 bits per heavy atom. The summed E-state index contributed by atoms with van der Waals surface area (Å²) in [4.78, 5) is 12.8. The number of anilines is 1. The number of aromatic nitrogens is 3. The van der Waals surface area contributed by atoms with E-state index >= 15 is 0 Å². The molecule has 23 heavy (non-hydrogen) atoms. The van der Waals surface area contributed by atoms with Crippen molar-refractivity contribution in [3.05, 3.63) is 48.1 Å². The van der Waals surface area contributed by atoms with Crippen molar-refractivity contribution in [2.75, 3.05) is 12.8 Å². The second kappa shape index (κ2) is 6.70. The molecular formula is C16H16N4O2S. The predicted molar refractivity (Wildman–Crippen MR) is 89.2 cm³/mol. The predicted octanol–water partition coefficient (Wildman–Crippen LogP) is 3.32. The molecule has 0 spiro atoms. The maximum absolute atomic E-state index is 5.78. The number of benzene rings is 1. The first-order chi connectivity index (χ1) is 11.1. The Kier molecular flexibility index (Phi) is 4.47. The minimum Gasteiger partial charge on any atom is -0.497 e. The molecule has 0 saturated carbocycles. The molecule has 0 amide bonds. The van der Waals surface area contributed by atoms with Crippen LogP contribution in [0.1, 0.15) is 11.6 Å². The standard InChI is InChI=1S/C16H16N4O2S/c1-10-6-14(17)20-16(19-10)23-9-15-18-8-13(22-15)11-4-3-5-12(7-11)21-2/h3-8H,9H2,1-2H3,(H2,17,19,20). The van der Waals surface area contributed by atoms with Gasteiger partial charge in [0.15, 0.2) is 10.9 Å². The number of nitrogens with zero attached hydrogens (tertiary/aromatic N) is 3. The summed E-state index contributed by atoms with van der Waals surface area (Å²) < 4.78 is 11.0. The molecule has 0 aliphatic carbocycles. The summed E-state index contributed by atoms with van der Waals surface area (Å²) >= 11 is 1.43. The molecule has 0 atom stereocenters. The zero-order chi connectivity index (χ0) is 16.2. The zero-order valence-corrected chi connectivity index (χ0v) is 13.6. The van der Waals surface area contributed by atoms with Crippen LogP contribution in [0.25, 0.3) is 11.3 Å². The number of thioether (sulfide) groups is 1. The third-order valence-corrected chi connectivity index (χ3v) is 3.92. The molecule has 0 fully saturated rings. The van der Waals surface area contributed by atoms with Gasteiger partial charge in [-0.25, -0.2) is 15.0 Å². The maximum atomic E-state index is 5.78. The lowest BCUT2D eigenvalue weighted by molar-refractivity contribution is 0.414. The number of aryl methyl sites for hydroxylation is 1. The molecule has 2 aromatic heterocycles. The number of methoxy groups -OCH3 is 1. The van der Waals surface area contributed by atoms with E-state index in [0.29, 0.717) is 28.4 Å². The van der Waals surface area contributed by atoms with Gasteiger partial charge in [-0.1, -0.05) is 23.9 Å². The third kappa shape index (κ3) is 3.81. The molecule has 2 heterocycles. The second-order valence-corrected chi connectivity index (χ2v) is 5.80. The van der Waals surface area contributed by atoms with Gasteiger partial charge in [-0.2, -0.15) is 0 Å². The van der Waals surface area contributed by atoms with Crippen LogP contribution in [0.5, 0.6) is 5.75 Å². The lowest BCUT2D eigenvalue weighted by atomic mass is 10.2. The Labute approximate surface area is 138 Å². The molecule has 0 radical (unpaired) electrons. The third-order valence-electron chi connectivity index (χ3n) is 3.09. The van der Waals surface area contributed by atoms with Crippen molar-refractivity contribution < 1.29 is 9.15 Å². The van der Waals surface area contributed by atoms with Gasteiger partial charge in [-0.3, -0.25) is 0 Å². The molecule has 0 aliphatic heterocycles. The number of nitrogens with two attached hydrogens (primary N) is 1. The van der Waals surface area contributed by atoms with Crippen molar-refractivity contribution >= 4 is 17.6 Å². The Bertz CT molecular complexity index is 799. The molecule has 6 nitrogen and oxygen atoms in total. The first-order valence-electron chi connectivity index (χ1n) is 6.97. The molecule has 0 unspecified atom stereocenters. The van der Waals surface area contributed by atoms with E-state index in [1.165, 1.54) is 11.8 Å². The minimum absolute atomic E-state index is 0.462. The van der Waals surface area contributed by atoms with Gasteiger partial charge in [-0.05, 0) is 19.1 Å². The summed E-state index contributed by atoms with van der Waals surface area (Å²) in [7, 11) is 1.63. The Morgan fingerprint density at radius 3 is 2.91 bits per heavy atom. The fourth-order valence-electron chi connectivity index (χ4n) is 2.04. The number of hydrogen-bond donors (Lipinski definition) is 1. The van der Waals surface area contributed by atoms with Gasteiger partial charge in [0, 0.05) is 17.3 Å². The van der Waals surface area contributed by atoms with Crippen LogP contribution in [0.4, 0.5) is 5.82 Å². The van der Waals surface area contributed by atoms with Crippen LogP contribution in [-0.4, -0.2) is 22.1 Å². The Hall–Kier alpha value is -2.54. The molecule has 1 aromatic carbocycles. The van der Waals surface area contributed by atoms with Crippen LogP contribution in [0, 0.1) is 6.92 Å². The minimum atomic E-state index is 0.462. The van der Waals surface area contributed by atoms with E-state index in [1.807, 2.05) is 31.2 Å². The fraction of sp³-hybridized carbons (Fsp3) is 0.188. The molecule has 0 aliphatic rings. The van der Waals surface area contributed by atoms with Crippen molar-refractivity contribution in [2.24, 2.45) is 0 Å². The normalized spacial score (nSPS) is 10.7. The molecule has 7 heteroatoms.